The molecule has 0 fully saturated rings. The van der Waals surface area contributed by atoms with Crippen LogP contribution in [0, 0.1) is 13.8 Å². The fourth-order valence-electron chi connectivity index (χ4n) is 2.36. The second-order valence-corrected chi connectivity index (χ2v) is 4.60. The second kappa shape index (κ2) is 5.83. The van der Waals surface area contributed by atoms with Crippen molar-refractivity contribution >= 4 is 5.97 Å². The van der Waals surface area contributed by atoms with Crippen LogP contribution in [-0.2, 0) is 4.74 Å². The maximum atomic E-state index is 12.5. The lowest BCUT2D eigenvalue weighted by Crippen LogP contribution is -2.33. The lowest BCUT2D eigenvalue weighted by atomic mass is 9.95. The standard InChI is InChI=1S/C16H17NO4/c1-10-11(2)17(21-4)15(18)14(16(19)20-3)13(10)12-8-6-5-7-9-12/h5-9H,1-4H3. The van der Waals surface area contributed by atoms with Gasteiger partial charge >= 0.3 is 5.97 Å². The van der Waals surface area contributed by atoms with E-state index >= 15 is 0 Å². The minimum Gasteiger partial charge on any atom is -0.465 e. The number of carbonyl (C=O) groups excluding carboxylic acids is 1. The van der Waals surface area contributed by atoms with Crippen LogP contribution < -0.4 is 10.4 Å². The zero-order chi connectivity index (χ0) is 15.6. The molecule has 0 N–H and O–H groups in total. The van der Waals surface area contributed by atoms with E-state index in [-0.39, 0.29) is 5.56 Å². The third kappa shape index (κ3) is 2.42. The molecule has 0 aliphatic rings. The number of aromatic nitrogens is 1. The number of nitrogens with zero attached hydrogens (tertiary/aromatic N) is 1. The molecule has 5 heteroatoms. The van der Waals surface area contributed by atoms with Crippen LogP contribution in [0.5, 0.6) is 0 Å². The summed E-state index contributed by atoms with van der Waals surface area (Å²) in [5.74, 6) is -0.673. The van der Waals surface area contributed by atoms with Crippen molar-refractivity contribution in [3.05, 3.63) is 57.5 Å². The number of ether oxygens (including phenoxy) is 1. The van der Waals surface area contributed by atoms with Gasteiger partial charge in [0.05, 0.1) is 12.8 Å². The van der Waals surface area contributed by atoms with E-state index < -0.39 is 11.5 Å². The Morgan fingerprint density at radius 2 is 1.71 bits per heavy atom. The van der Waals surface area contributed by atoms with E-state index in [2.05, 4.69) is 0 Å². The molecule has 0 spiro atoms. The van der Waals surface area contributed by atoms with E-state index in [9.17, 15) is 9.59 Å². The van der Waals surface area contributed by atoms with Gasteiger partial charge in [-0.3, -0.25) is 4.79 Å². The van der Waals surface area contributed by atoms with Crippen molar-refractivity contribution in [3.8, 4) is 11.1 Å². The van der Waals surface area contributed by atoms with E-state index in [1.165, 1.54) is 14.2 Å². The molecule has 0 amide bonds. The first-order chi connectivity index (χ1) is 10.0. The molecule has 5 nitrogen and oxygen atoms in total. The van der Waals surface area contributed by atoms with Crippen molar-refractivity contribution in [3.63, 3.8) is 0 Å². The van der Waals surface area contributed by atoms with E-state index in [1.54, 1.807) is 6.92 Å². The molecule has 0 radical (unpaired) electrons. The third-order valence-corrected chi connectivity index (χ3v) is 3.51. The molecule has 0 saturated carbocycles. The van der Waals surface area contributed by atoms with Crippen LogP contribution in [0.1, 0.15) is 21.6 Å². The molecule has 21 heavy (non-hydrogen) atoms. The summed E-state index contributed by atoms with van der Waals surface area (Å²) in [6.07, 6.45) is 0. The average Bonchev–Trinajstić information content (AvgIpc) is 2.51. The number of carbonyl (C=O) groups is 1. The SMILES string of the molecule is COC(=O)c1c(-c2ccccc2)c(C)c(C)n(OC)c1=O. The van der Waals surface area contributed by atoms with Gasteiger partial charge in [-0.2, -0.15) is 0 Å². The Labute approximate surface area is 122 Å². The van der Waals surface area contributed by atoms with Gasteiger partial charge in [-0.25, -0.2) is 4.79 Å². The van der Waals surface area contributed by atoms with Gasteiger partial charge in [-0.1, -0.05) is 30.3 Å². The number of rotatable bonds is 3. The van der Waals surface area contributed by atoms with Gasteiger partial charge in [0, 0.05) is 5.56 Å². The van der Waals surface area contributed by atoms with Crippen molar-refractivity contribution < 1.29 is 14.4 Å². The second-order valence-electron chi connectivity index (χ2n) is 4.60. The molecule has 2 aromatic rings. The van der Waals surface area contributed by atoms with Gasteiger partial charge in [0.1, 0.15) is 12.7 Å². The summed E-state index contributed by atoms with van der Waals surface area (Å²) in [5, 5.41) is 0. The Kier molecular flexibility index (Phi) is 4.12. The van der Waals surface area contributed by atoms with E-state index in [0.29, 0.717) is 11.3 Å². The van der Waals surface area contributed by atoms with Crippen molar-refractivity contribution in [1.82, 2.24) is 4.73 Å². The minimum absolute atomic E-state index is 0.0198. The van der Waals surface area contributed by atoms with Gasteiger partial charge in [-0.15, -0.1) is 4.73 Å². The van der Waals surface area contributed by atoms with Crippen LogP contribution in [-0.4, -0.2) is 24.9 Å². The number of esters is 1. The van der Waals surface area contributed by atoms with Crippen molar-refractivity contribution in [1.29, 1.82) is 0 Å². The molecule has 2 rings (SSSR count). The summed E-state index contributed by atoms with van der Waals surface area (Å²) in [4.78, 5) is 29.7. The maximum Gasteiger partial charge on any atom is 0.344 e. The summed E-state index contributed by atoms with van der Waals surface area (Å²) in [5.41, 5.74) is 2.27. The zero-order valence-corrected chi connectivity index (χ0v) is 12.5. The molecule has 1 heterocycles. The first-order valence-corrected chi connectivity index (χ1v) is 6.47. The van der Waals surface area contributed by atoms with Gasteiger partial charge < -0.3 is 9.57 Å². The summed E-state index contributed by atoms with van der Waals surface area (Å²) >= 11 is 0. The molecule has 0 aliphatic carbocycles. The van der Waals surface area contributed by atoms with E-state index in [4.69, 9.17) is 9.57 Å². The molecular weight excluding hydrogens is 270 g/mol. The monoisotopic (exact) mass is 287 g/mol. The summed E-state index contributed by atoms with van der Waals surface area (Å²) in [6, 6.07) is 9.29. The van der Waals surface area contributed by atoms with Gasteiger partial charge in [0.2, 0.25) is 0 Å². The number of pyridine rings is 1. The van der Waals surface area contributed by atoms with Crippen molar-refractivity contribution in [2.45, 2.75) is 13.8 Å². The highest BCUT2D eigenvalue weighted by molar-refractivity contribution is 5.97. The highest BCUT2D eigenvalue weighted by atomic mass is 16.6. The quantitative estimate of drug-likeness (QED) is 0.810. The molecule has 1 aromatic carbocycles. The summed E-state index contributed by atoms with van der Waals surface area (Å²) in [6.45, 7) is 3.62. The molecule has 0 atom stereocenters. The predicted octanol–water partition coefficient (Wildman–Crippen LogP) is 1.98. The molecule has 1 aromatic heterocycles. The van der Waals surface area contributed by atoms with Crippen LogP contribution in [0.25, 0.3) is 11.1 Å². The smallest absolute Gasteiger partial charge is 0.344 e. The largest absolute Gasteiger partial charge is 0.465 e. The average molecular weight is 287 g/mol. The molecule has 0 saturated heterocycles. The summed E-state index contributed by atoms with van der Waals surface area (Å²) in [7, 11) is 2.64. The zero-order valence-electron chi connectivity index (χ0n) is 12.5. The van der Waals surface area contributed by atoms with Crippen LogP contribution in [0.15, 0.2) is 35.1 Å². The van der Waals surface area contributed by atoms with E-state index in [1.807, 2.05) is 37.3 Å². The first kappa shape index (κ1) is 14.8. The van der Waals surface area contributed by atoms with Gasteiger partial charge in [0.25, 0.3) is 5.56 Å². The predicted molar refractivity (Wildman–Crippen MR) is 79.5 cm³/mol. The number of benzene rings is 1. The topological polar surface area (TPSA) is 57.5 Å². The van der Waals surface area contributed by atoms with Gasteiger partial charge in [-0.05, 0) is 25.0 Å². The molecular formula is C16H17NO4. The van der Waals surface area contributed by atoms with E-state index in [0.717, 1.165) is 15.9 Å². The molecule has 0 bridgehead atoms. The van der Waals surface area contributed by atoms with Crippen molar-refractivity contribution in [2.24, 2.45) is 0 Å². The molecule has 110 valence electrons. The Bertz CT molecular complexity index is 732. The van der Waals surface area contributed by atoms with Crippen LogP contribution >= 0.6 is 0 Å². The normalized spacial score (nSPS) is 10.3. The highest BCUT2D eigenvalue weighted by Crippen LogP contribution is 2.27. The Morgan fingerprint density at radius 1 is 1.10 bits per heavy atom. The van der Waals surface area contributed by atoms with Crippen molar-refractivity contribution in [2.75, 3.05) is 14.2 Å². The number of hydrogen-bond donors (Lipinski definition) is 0. The lowest BCUT2D eigenvalue weighted by Gasteiger charge is -2.17. The fourth-order valence-corrected chi connectivity index (χ4v) is 2.36. The Hall–Kier alpha value is -2.56. The Balaban J connectivity index is 2.92. The molecule has 0 aliphatic heterocycles. The first-order valence-electron chi connectivity index (χ1n) is 6.47. The van der Waals surface area contributed by atoms with Gasteiger partial charge in [0.15, 0.2) is 0 Å². The van der Waals surface area contributed by atoms with Crippen LogP contribution in [0.2, 0.25) is 0 Å². The fraction of sp³-hybridized carbons (Fsp3) is 0.250. The lowest BCUT2D eigenvalue weighted by molar-refractivity contribution is 0.0592. The molecule has 0 unspecified atom stereocenters. The summed E-state index contributed by atoms with van der Waals surface area (Å²) < 4.78 is 5.87. The van der Waals surface area contributed by atoms with Crippen LogP contribution in [0.3, 0.4) is 0 Å². The number of methoxy groups -OCH3 is 1. The Morgan fingerprint density at radius 3 is 2.24 bits per heavy atom. The number of hydrogen-bond acceptors (Lipinski definition) is 4. The van der Waals surface area contributed by atoms with Crippen LogP contribution in [0.4, 0.5) is 0 Å². The highest BCUT2D eigenvalue weighted by Gasteiger charge is 2.24. The maximum absolute atomic E-state index is 12.5. The minimum atomic E-state index is -0.673. The third-order valence-electron chi connectivity index (χ3n) is 3.51.